The van der Waals surface area contributed by atoms with Gasteiger partial charge in [-0.2, -0.15) is 0 Å². The van der Waals surface area contributed by atoms with Crippen molar-refractivity contribution in [3.05, 3.63) is 26.6 Å². The van der Waals surface area contributed by atoms with Crippen molar-refractivity contribution in [1.29, 1.82) is 0 Å². The van der Waals surface area contributed by atoms with Gasteiger partial charge in [-0.25, -0.2) is 4.79 Å². The number of methoxy groups -OCH3 is 1. The highest BCUT2D eigenvalue weighted by atomic mass is 32.1. The molecule has 0 fully saturated rings. The monoisotopic (exact) mass is 337 g/mol. The van der Waals surface area contributed by atoms with E-state index in [1.165, 1.54) is 23.3 Å². The molecule has 0 aliphatic heterocycles. The van der Waals surface area contributed by atoms with Gasteiger partial charge in [0.2, 0.25) is 0 Å². The van der Waals surface area contributed by atoms with Crippen molar-refractivity contribution in [3.63, 3.8) is 0 Å². The summed E-state index contributed by atoms with van der Waals surface area (Å²) in [6.45, 7) is 1.74. The van der Waals surface area contributed by atoms with Gasteiger partial charge < -0.3 is 10.1 Å². The van der Waals surface area contributed by atoms with Crippen LogP contribution in [0.5, 0.6) is 0 Å². The van der Waals surface area contributed by atoms with Crippen LogP contribution in [0, 0.1) is 6.92 Å². The number of thiophene rings is 1. The number of fused-ring (bicyclic) bond motifs is 1. The molecule has 1 aliphatic rings. The minimum Gasteiger partial charge on any atom is -0.465 e. The largest absolute Gasteiger partial charge is 0.465 e. The van der Waals surface area contributed by atoms with Crippen LogP contribution in [0.4, 0.5) is 5.00 Å². The van der Waals surface area contributed by atoms with Crippen LogP contribution in [0.2, 0.25) is 0 Å². The molecule has 0 bridgehead atoms. The molecule has 0 saturated heterocycles. The number of hydrogen-bond donors (Lipinski definition) is 1. The van der Waals surface area contributed by atoms with Gasteiger partial charge in [0.1, 0.15) is 9.88 Å². The molecule has 2 heterocycles. The lowest BCUT2D eigenvalue weighted by Crippen LogP contribution is -2.15. The highest BCUT2D eigenvalue weighted by Crippen LogP contribution is 2.38. The number of anilines is 1. The second-order valence-corrected chi connectivity index (χ2v) is 6.91. The Morgan fingerprint density at radius 2 is 2.05 bits per heavy atom. The van der Waals surface area contributed by atoms with Crippen molar-refractivity contribution in [2.24, 2.45) is 0 Å². The Kier molecular flexibility index (Phi) is 4.21. The summed E-state index contributed by atoms with van der Waals surface area (Å²) in [5.41, 5.74) is 2.12. The number of aryl methyl sites for hydroxylation is 2. The number of hydrogen-bond acceptors (Lipinski definition) is 7. The van der Waals surface area contributed by atoms with Crippen molar-refractivity contribution >= 4 is 39.7 Å². The normalized spacial score (nSPS) is 13.5. The highest BCUT2D eigenvalue weighted by molar-refractivity contribution is 7.17. The zero-order valence-corrected chi connectivity index (χ0v) is 13.9. The number of aromatic nitrogens is 2. The van der Waals surface area contributed by atoms with Crippen LogP contribution in [-0.2, 0) is 17.6 Å². The number of carbonyl (C=O) groups is 2. The summed E-state index contributed by atoms with van der Waals surface area (Å²) in [6.07, 6.45) is 3.96. The second-order valence-electron chi connectivity index (χ2n) is 5.05. The van der Waals surface area contributed by atoms with Crippen molar-refractivity contribution in [2.75, 3.05) is 12.4 Å². The van der Waals surface area contributed by atoms with Gasteiger partial charge in [-0.3, -0.25) is 4.79 Å². The first-order chi connectivity index (χ1) is 10.6. The molecule has 2 aromatic heterocycles. The molecule has 116 valence electrons. The first kappa shape index (κ1) is 15.1. The fourth-order valence-electron chi connectivity index (χ4n) is 2.57. The van der Waals surface area contributed by atoms with Gasteiger partial charge >= 0.3 is 5.97 Å². The van der Waals surface area contributed by atoms with E-state index in [1.807, 2.05) is 0 Å². The lowest BCUT2D eigenvalue weighted by molar-refractivity contribution is 0.0601. The van der Waals surface area contributed by atoms with E-state index in [2.05, 4.69) is 14.9 Å². The molecule has 6 nitrogen and oxygen atoms in total. The van der Waals surface area contributed by atoms with Crippen molar-refractivity contribution in [1.82, 2.24) is 9.59 Å². The van der Waals surface area contributed by atoms with E-state index in [1.54, 1.807) is 6.92 Å². The summed E-state index contributed by atoms with van der Waals surface area (Å²) in [5, 5.41) is 7.24. The summed E-state index contributed by atoms with van der Waals surface area (Å²) < 4.78 is 8.66. The van der Waals surface area contributed by atoms with Crippen molar-refractivity contribution in [2.45, 2.75) is 32.6 Å². The van der Waals surface area contributed by atoms with E-state index in [4.69, 9.17) is 4.74 Å². The van der Waals surface area contributed by atoms with E-state index in [0.717, 1.165) is 42.8 Å². The van der Waals surface area contributed by atoms with Gasteiger partial charge in [0, 0.05) is 4.88 Å². The maximum Gasteiger partial charge on any atom is 0.341 e. The van der Waals surface area contributed by atoms with Gasteiger partial charge in [0.05, 0.1) is 18.4 Å². The fourth-order valence-corrected chi connectivity index (χ4v) is 4.40. The Hall–Kier alpha value is -1.80. The summed E-state index contributed by atoms with van der Waals surface area (Å²) in [6, 6.07) is 0. The molecule has 1 N–H and O–H groups in total. The predicted octanol–water partition coefficient (Wildman–Crippen LogP) is 2.83. The SMILES string of the molecule is COC(=O)c1c(NC(=O)c2snnc2C)sc2c1CCCC2. The fraction of sp³-hybridized carbons (Fsp3) is 0.429. The Morgan fingerprint density at radius 1 is 1.27 bits per heavy atom. The maximum atomic E-state index is 12.3. The highest BCUT2D eigenvalue weighted by Gasteiger charge is 2.27. The van der Waals surface area contributed by atoms with Gasteiger partial charge in [-0.1, -0.05) is 4.49 Å². The van der Waals surface area contributed by atoms with E-state index < -0.39 is 5.97 Å². The zero-order valence-electron chi connectivity index (χ0n) is 12.3. The van der Waals surface area contributed by atoms with Crippen LogP contribution in [0.25, 0.3) is 0 Å². The molecule has 0 atom stereocenters. The van der Waals surface area contributed by atoms with Gasteiger partial charge in [0.15, 0.2) is 0 Å². The van der Waals surface area contributed by atoms with Crippen molar-refractivity contribution in [3.8, 4) is 0 Å². The molecule has 3 rings (SSSR count). The Bertz CT molecular complexity index is 736. The topological polar surface area (TPSA) is 81.2 Å². The Balaban J connectivity index is 1.96. The van der Waals surface area contributed by atoms with Crippen LogP contribution >= 0.6 is 22.9 Å². The van der Waals surface area contributed by atoms with E-state index >= 15 is 0 Å². The molecule has 0 saturated carbocycles. The van der Waals surface area contributed by atoms with Crippen LogP contribution in [0.3, 0.4) is 0 Å². The predicted molar refractivity (Wildman–Crippen MR) is 84.9 cm³/mol. The molecule has 0 spiro atoms. The minimum atomic E-state index is -0.395. The summed E-state index contributed by atoms with van der Waals surface area (Å²) >= 11 is 2.52. The molecule has 8 heteroatoms. The molecule has 1 aliphatic carbocycles. The number of ether oxygens (including phenoxy) is 1. The molecule has 22 heavy (non-hydrogen) atoms. The van der Waals surface area contributed by atoms with Crippen LogP contribution < -0.4 is 5.32 Å². The zero-order chi connectivity index (χ0) is 15.7. The van der Waals surface area contributed by atoms with Crippen LogP contribution in [0.15, 0.2) is 0 Å². The third kappa shape index (κ3) is 2.64. The van der Waals surface area contributed by atoms with Gasteiger partial charge in [0.25, 0.3) is 5.91 Å². The average molecular weight is 337 g/mol. The first-order valence-electron chi connectivity index (χ1n) is 6.95. The van der Waals surface area contributed by atoms with Gasteiger partial charge in [-0.05, 0) is 49.7 Å². The molecular weight excluding hydrogens is 322 g/mol. The third-order valence-corrected chi connectivity index (χ3v) is 5.68. The number of esters is 1. The number of nitrogens with zero attached hydrogens (tertiary/aromatic N) is 2. The quantitative estimate of drug-likeness (QED) is 0.871. The van der Waals surface area contributed by atoms with Crippen LogP contribution in [-0.4, -0.2) is 28.6 Å². The first-order valence-corrected chi connectivity index (χ1v) is 8.54. The van der Waals surface area contributed by atoms with E-state index in [0.29, 0.717) is 21.1 Å². The van der Waals surface area contributed by atoms with Gasteiger partial charge in [-0.15, -0.1) is 16.4 Å². The maximum absolute atomic E-state index is 12.3. The Morgan fingerprint density at radius 3 is 2.73 bits per heavy atom. The smallest absolute Gasteiger partial charge is 0.341 e. The number of carbonyl (C=O) groups excluding carboxylic acids is 2. The summed E-state index contributed by atoms with van der Waals surface area (Å²) in [5.74, 6) is -0.676. The lowest BCUT2D eigenvalue weighted by atomic mass is 9.95. The third-order valence-electron chi connectivity index (χ3n) is 3.65. The molecular formula is C14H15N3O3S2. The number of nitrogens with one attached hydrogen (secondary N) is 1. The van der Waals surface area contributed by atoms with E-state index in [9.17, 15) is 9.59 Å². The van der Waals surface area contributed by atoms with Crippen LogP contribution in [0.1, 0.15) is 49.0 Å². The van der Waals surface area contributed by atoms with E-state index in [-0.39, 0.29) is 5.91 Å². The molecule has 0 unspecified atom stereocenters. The second kappa shape index (κ2) is 6.13. The average Bonchev–Trinajstić information content (AvgIpc) is 3.09. The lowest BCUT2D eigenvalue weighted by Gasteiger charge is -2.11. The van der Waals surface area contributed by atoms with Crippen molar-refractivity contribution < 1.29 is 14.3 Å². The number of rotatable bonds is 3. The number of amides is 1. The minimum absolute atomic E-state index is 0.281. The summed E-state index contributed by atoms with van der Waals surface area (Å²) in [4.78, 5) is 26.1. The Labute approximate surface area is 135 Å². The molecule has 0 radical (unpaired) electrons. The standard InChI is InChI=1S/C14H15N3O3S2/c1-7-11(22-17-16-7)12(18)15-13-10(14(19)20-2)8-5-3-4-6-9(8)21-13/h3-6H2,1-2H3,(H,15,18). The summed E-state index contributed by atoms with van der Waals surface area (Å²) in [7, 11) is 1.36. The molecule has 0 aromatic carbocycles. The molecule has 2 aromatic rings. The molecule has 1 amide bonds.